The van der Waals surface area contributed by atoms with Crippen molar-refractivity contribution in [1.82, 2.24) is 0 Å². The molecule has 0 amide bonds. The van der Waals surface area contributed by atoms with Crippen LogP contribution in [0.1, 0.15) is 31.7 Å². The number of methoxy groups -OCH3 is 1. The lowest BCUT2D eigenvalue weighted by Crippen LogP contribution is -2.08. The largest absolute Gasteiger partial charge is 0.513 e. The van der Waals surface area contributed by atoms with Gasteiger partial charge in [0.2, 0.25) is 0 Å². The van der Waals surface area contributed by atoms with E-state index in [2.05, 4.69) is 23.5 Å². The first-order valence-corrected chi connectivity index (χ1v) is 5.61. The Kier molecular flexibility index (Phi) is 5.67. The zero-order chi connectivity index (χ0) is 12.5. The van der Waals surface area contributed by atoms with Crippen molar-refractivity contribution in [2.24, 2.45) is 0 Å². The molecule has 3 nitrogen and oxygen atoms in total. The monoisotopic (exact) mass is 232 g/mol. The Hall–Kier alpha value is -1.95. The number of para-hydroxylation sites is 1. The first kappa shape index (κ1) is 13.1. The van der Waals surface area contributed by atoms with E-state index < -0.39 is 6.16 Å². The molecule has 0 saturated carbocycles. The number of carbonyl (C=O) groups excluding carboxylic acids is 1. The molecule has 1 aromatic rings. The summed E-state index contributed by atoms with van der Waals surface area (Å²) in [6.45, 7) is 2.12. The van der Waals surface area contributed by atoms with Gasteiger partial charge in [0.25, 0.3) is 0 Å². The highest BCUT2D eigenvalue weighted by Crippen LogP contribution is 2.17. The quantitative estimate of drug-likeness (QED) is 0.347. The van der Waals surface area contributed by atoms with Gasteiger partial charge in [-0.15, -0.1) is 0 Å². The molecule has 0 aliphatic heterocycles. The van der Waals surface area contributed by atoms with Crippen LogP contribution in [0, 0.1) is 11.8 Å². The van der Waals surface area contributed by atoms with E-state index in [-0.39, 0.29) is 0 Å². The number of rotatable bonds is 3. The van der Waals surface area contributed by atoms with Crippen LogP contribution in [0.25, 0.3) is 0 Å². The molecule has 0 atom stereocenters. The highest BCUT2D eigenvalue weighted by Gasteiger charge is 2.06. The van der Waals surface area contributed by atoms with E-state index in [1.165, 1.54) is 7.11 Å². The lowest BCUT2D eigenvalue weighted by molar-refractivity contribution is 0.121. The van der Waals surface area contributed by atoms with Gasteiger partial charge in [-0.2, -0.15) is 0 Å². The maximum atomic E-state index is 11.0. The summed E-state index contributed by atoms with van der Waals surface area (Å²) in [5.74, 6) is 6.48. The van der Waals surface area contributed by atoms with Crippen molar-refractivity contribution in [1.29, 1.82) is 0 Å². The molecule has 3 heteroatoms. The summed E-state index contributed by atoms with van der Waals surface area (Å²) in [7, 11) is 1.28. The van der Waals surface area contributed by atoms with Crippen LogP contribution in [0.5, 0.6) is 5.75 Å². The lowest BCUT2D eigenvalue weighted by Gasteiger charge is -2.03. The van der Waals surface area contributed by atoms with E-state index in [1.807, 2.05) is 12.1 Å². The van der Waals surface area contributed by atoms with Gasteiger partial charge in [0.1, 0.15) is 5.75 Å². The van der Waals surface area contributed by atoms with E-state index in [0.29, 0.717) is 11.3 Å². The SMILES string of the molecule is CCCCC#Cc1ccccc1OC(=O)OC. The second-order valence-electron chi connectivity index (χ2n) is 3.46. The molecule has 0 bridgehead atoms. The maximum Gasteiger partial charge on any atom is 0.513 e. The molecule has 0 fully saturated rings. The Morgan fingerprint density at radius 2 is 2.12 bits per heavy atom. The smallest absolute Gasteiger partial charge is 0.437 e. The Bertz CT molecular complexity index is 427. The molecular formula is C14H16O3. The van der Waals surface area contributed by atoms with Crippen molar-refractivity contribution >= 4 is 6.16 Å². The number of ether oxygens (including phenoxy) is 2. The van der Waals surface area contributed by atoms with Crippen LogP contribution in [0.15, 0.2) is 24.3 Å². The molecular weight excluding hydrogens is 216 g/mol. The summed E-state index contributed by atoms with van der Waals surface area (Å²) < 4.78 is 9.43. The standard InChI is InChI=1S/C14H16O3/c1-3-4-5-6-9-12-10-7-8-11-13(12)17-14(15)16-2/h7-8,10-11H,3-5H2,1-2H3. The van der Waals surface area contributed by atoms with Crippen LogP contribution in [0.2, 0.25) is 0 Å². The van der Waals surface area contributed by atoms with E-state index >= 15 is 0 Å². The predicted molar refractivity (Wildman–Crippen MR) is 65.9 cm³/mol. The van der Waals surface area contributed by atoms with E-state index in [0.717, 1.165) is 19.3 Å². The van der Waals surface area contributed by atoms with Gasteiger partial charge in [-0.05, 0) is 18.6 Å². The molecule has 1 aromatic carbocycles. The van der Waals surface area contributed by atoms with Gasteiger partial charge in [0.15, 0.2) is 0 Å². The maximum absolute atomic E-state index is 11.0. The van der Waals surface area contributed by atoms with E-state index in [1.54, 1.807) is 12.1 Å². The Morgan fingerprint density at radius 1 is 1.35 bits per heavy atom. The topological polar surface area (TPSA) is 35.5 Å². The van der Waals surface area contributed by atoms with Crippen molar-refractivity contribution in [2.75, 3.05) is 7.11 Å². The second-order valence-corrected chi connectivity index (χ2v) is 3.46. The van der Waals surface area contributed by atoms with Gasteiger partial charge in [0.05, 0.1) is 12.7 Å². The third kappa shape index (κ3) is 4.60. The van der Waals surface area contributed by atoms with Gasteiger partial charge in [-0.3, -0.25) is 0 Å². The van der Waals surface area contributed by atoms with Gasteiger partial charge >= 0.3 is 6.16 Å². The third-order valence-electron chi connectivity index (χ3n) is 2.13. The minimum atomic E-state index is -0.729. The van der Waals surface area contributed by atoms with Crippen LogP contribution in [-0.4, -0.2) is 13.3 Å². The van der Waals surface area contributed by atoms with Crippen molar-refractivity contribution in [3.63, 3.8) is 0 Å². The van der Waals surface area contributed by atoms with Crippen LogP contribution in [-0.2, 0) is 4.74 Å². The fourth-order valence-electron chi connectivity index (χ4n) is 1.21. The number of benzene rings is 1. The summed E-state index contributed by atoms with van der Waals surface area (Å²) in [6.07, 6.45) is 2.32. The van der Waals surface area contributed by atoms with Gasteiger partial charge in [0, 0.05) is 6.42 Å². The van der Waals surface area contributed by atoms with Gasteiger partial charge in [-0.25, -0.2) is 4.79 Å². The average molecular weight is 232 g/mol. The van der Waals surface area contributed by atoms with E-state index in [4.69, 9.17) is 4.74 Å². The van der Waals surface area contributed by atoms with Crippen LogP contribution in [0.3, 0.4) is 0 Å². The Balaban J connectivity index is 2.76. The molecule has 0 radical (unpaired) electrons. The summed E-state index contributed by atoms with van der Waals surface area (Å²) in [5, 5.41) is 0. The molecule has 0 unspecified atom stereocenters. The number of carbonyl (C=O) groups is 1. The van der Waals surface area contributed by atoms with Crippen molar-refractivity contribution in [3.05, 3.63) is 29.8 Å². The normalized spacial score (nSPS) is 9.06. The molecule has 17 heavy (non-hydrogen) atoms. The Labute approximate surface area is 102 Å². The minimum absolute atomic E-state index is 0.434. The zero-order valence-electron chi connectivity index (χ0n) is 10.2. The lowest BCUT2D eigenvalue weighted by atomic mass is 10.2. The highest BCUT2D eigenvalue weighted by atomic mass is 16.7. The van der Waals surface area contributed by atoms with E-state index in [9.17, 15) is 4.79 Å². The molecule has 0 N–H and O–H groups in total. The predicted octanol–water partition coefficient (Wildman–Crippen LogP) is 3.37. The van der Waals surface area contributed by atoms with Crippen molar-refractivity contribution in [2.45, 2.75) is 26.2 Å². The zero-order valence-corrected chi connectivity index (χ0v) is 10.2. The summed E-state index contributed by atoms with van der Waals surface area (Å²) in [5.41, 5.74) is 0.703. The first-order chi connectivity index (χ1) is 8.27. The highest BCUT2D eigenvalue weighted by molar-refractivity contribution is 5.65. The summed E-state index contributed by atoms with van der Waals surface area (Å²) in [6, 6.07) is 7.15. The van der Waals surface area contributed by atoms with Gasteiger partial charge in [-0.1, -0.05) is 37.3 Å². The molecule has 0 saturated heterocycles. The first-order valence-electron chi connectivity index (χ1n) is 5.61. The molecule has 0 spiro atoms. The van der Waals surface area contributed by atoms with Crippen LogP contribution in [0.4, 0.5) is 4.79 Å². The van der Waals surface area contributed by atoms with Crippen LogP contribution >= 0.6 is 0 Å². The minimum Gasteiger partial charge on any atom is -0.437 e. The molecule has 90 valence electrons. The molecule has 0 aliphatic carbocycles. The summed E-state index contributed by atoms with van der Waals surface area (Å²) in [4.78, 5) is 11.0. The molecule has 1 rings (SSSR count). The fraction of sp³-hybridized carbons (Fsp3) is 0.357. The average Bonchev–Trinajstić information content (AvgIpc) is 2.36. The number of hydrogen-bond acceptors (Lipinski definition) is 3. The molecule has 0 aliphatic rings. The third-order valence-corrected chi connectivity index (χ3v) is 2.13. The number of unbranched alkanes of at least 4 members (excludes halogenated alkanes) is 2. The Morgan fingerprint density at radius 3 is 2.82 bits per heavy atom. The van der Waals surface area contributed by atoms with Crippen molar-refractivity contribution in [3.8, 4) is 17.6 Å². The van der Waals surface area contributed by atoms with Crippen LogP contribution < -0.4 is 4.74 Å². The van der Waals surface area contributed by atoms with Gasteiger partial charge < -0.3 is 9.47 Å². The second kappa shape index (κ2) is 7.34. The van der Waals surface area contributed by atoms with Crippen molar-refractivity contribution < 1.29 is 14.3 Å². The molecule has 0 aromatic heterocycles. The summed E-state index contributed by atoms with van der Waals surface area (Å²) >= 11 is 0. The molecule has 0 heterocycles. The number of hydrogen-bond donors (Lipinski definition) is 0. The fourth-order valence-corrected chi connectivity index (χ4v) is 1.21.